The van der Waals surface area contributed by atoms with E-state index in [1.165, 1.54) is 12.1 Å². The molecule has 0 fully saturated rings. The van der Waals surface area contributed by atoms with Crippen molar-refractivity contribution in [2.24, 2.45) is 0 Å². The molecule has 2 aromatic carbocycles. The highest BCUT2D eigenvalue weighted by atomic mass is 35.5. The van der Waals surface area contributed by atoms with Crippen LogP contribution >= 0.6 is 12.4 Å². The van der Waals surface area contributed by atoms with Gasteiger partial charge < -0.3 is 10.1 Å². The number of nitrogens with one attached hydrogen (secondary N) is 1. The van der Waals surface area contributed by atoms with Crippen molar-refractivity contribution in [1.29, 1.82) is 0 Å². The van der Waals surface area contributed by atoms with Crippen LogP contribution < -0.4 is 10.1 Å². The van der Waals surface area contributed by atoms with Crippen LogP contribution in [0.2, 0.25) is 0 Å². The van der Waals surface area contributed by atoms with E-state index in [-0.39, 0.29) is 18.2 Å². The van der Waals surface area contributed by atoms with Gasteiger partial charge in [0.1, 0.15) is 18.2 Å². The Kier molecular flexibility index (Phi) is 7.31. The molecule has 0 aromatic heterocycles. The second kappa shape index (κ2) is 9.02. The molecule has 0 radical (unpaired) electrons. The molecule has 0 aliphatic rings. The zero-order valence-electron chi connectivity index (χ0n) is 11.5. The molecule has 0 aliphatic heterocycles. The largest absolute Gasteiger partial charge is 0.489 e. The summed E-state index contributed by atoms with van der Waals surface area (Å²) in [4.78, 5) is 0. The summed E-state index contributed by atoms with van der Waals surface area (Å²) < 4.78 is 18.5. The lowest BCUT2D eigenvalue weighted by molar-refractivity contribution is 0.305. The van der Waals surface area contributed by atoms with Gasteiger partial charge >= 0.3 is 0 Å². The van der Waals surface area contributed by atoms with E-state index >= 15 is 0 Å². The molecule has 0 spiro atoms. The van der Waals surface area contributed by atoms with Crippen LogP contribution in [0.15, 0.2) is 48.5 Å². The average molecular weight is 306 g/mol. The topological polar surface area (TPSA) is 21.3 Å². The van der Waals surface area contributed by atoms with Crippen LogP contribution in [0.4, 0.5) is 4.39 Å². The summed E-state index contributed by atoms with van der Waals surface area (Å²) in [7, 11) is 0. The Morgan fingerprint density at radius 3 is 2.57 bits per heavy atom. The second-order valence-corrected chi connectivity index (χ2v) is 4.37. The molecule has 2 nitrogen and oxygen atoms in total. The maximum Gasteiger partial charge on any atom is 0.123 e. The molecule has 1 N–H and O–H groups in total. The third-order valence-corrected chi connectivity index (χ3v) is 2.77. The fourth-order valence-electron chi connectivity index (χ4n) is 1.77. The van der Waals surface area contributed by atoms with Crippen molar-refractivity contribution in [2.45, 2.75) is 13.2 Å². The summed E-state index contributed by atoms with van der Waals surface area (Å²) in [6, 6.07) is 14.1. The highest BCUT2D eigenvalue weighted by molar-refractivity contribution is 5.85. The molecule has 110 valence electrons. The molecule has 2 rings (SSSR count). The SMILES string of the molecule is C#CCNCc1cccc(OCc2ccc(F)cc2)c1.Cl. The van der Waals surface area contributed by atoms with Gasteiger partial charge in [-0.15, -0.1) is 18.8 Å². The maximum absolute atomic E-state index is 12.8. The Balaban J connectivity index is 0.00000220. The van der Waals surface area contributed by atoms with Crippen molar-refractivity contribution in [1.82, 2.24) is 5.32 Å². The minimum Gasteiger partial charge on any atom is -0.489 e. The van der Waals surface area contributed by atoms with E-state index in [2.05, 4.69) is 11.2 Å². The van der Waals surface area contributed by atoms with Gasteiger partial charge in [-0.05, 0) is 35.4 Å². The quantitative estimate of drug-likeness (QED) is 0.651. The minimum atomic E-state index is -0.240. The van der Waals surface area contributed by atoms with Crippen molar-refractivity contribution in [3.05, 3.63) is 65.5 Å². The van der Waals surface area contributed by atoms with Gasteiger partial charge in [0.2, 0.25) is 0 Å². The first-order valence-electron chi connectivity index (χ1n) is 6.38. The number of halogens is 2. The number of benzene rings is 2. The van der Waals surface area contributed by atoms with Crippen LogP contribution in [-0.2, 0) is 13.2 Å². The molecule has 0 saturated heterocycles. The molecule has 2 aromatic rings. The van der Waals surface area contributed by atoms with Gasteiger partial charge in [-0.25, -0.2) is 4.39 Å². The van der Waals surface area contributed by atoms with Gasteiger partial charge in [-0.2, -0.15) is 0 Å². The summed E-state index contributed by atoms with van der Waals surface area (Å²) in [5.74, 6) is 3.08. The lowest BCUT2D eigenvalue weighted by Gasteiger charge is -2.08. The zero-order chi connectivity index (χ0) is 14.2. The fraction of sp³-hybridized carbons (Fsp3) is 0.176. The van der Waals surface area contributed by atoms with Crippen LogP contribution in [0.3, 0.4) is 0 Å². The molecule has 0 amide bonds. The van der Waals surface area contributed by atoms with Crippen LogP contribution in [0.25, 0.3) is 0 Å². The second-order valence-electron chi connectivity index (χ2n) is 4.37. The molecule has 0 heterocycles. The molecule has 0 saturated carbocycles. The Bertz CT molecular complexity index is 592. The third-order valence-electron chi connectivity index (χ3n) is 2.77. The highest BCUT2D eigenvalue weighted by Gasteiger charge is 1.99. The Morgan fingerprint density at radius 1 is 1.10 bits per heavy atom. The van der Waals surface area contributed by atoms with E-state index in [1.54, 1.807) is 12.1 Å². The van der Waals surface area contributed by atoms with Gasteiger partial charge in [0, 0.05) is 6.54 Å². The van der Waals surface area contributed by atoms with E-state index in [0.717, 1.165) is 16.9 Å². The molecule has 21 heavy (non-hydrogen) atoms. The van der Waals surface area contributed by atoms with E-state index < -0.39 is 0 Å². The molecule has 0 bridgehead atoms. The number of ether oxygens (including phenoxy) is 1. The first-order valence-corrected chi connectivity index (χ1v) is 6.38. The summed E-state index contributed by atoms with van der Waals surface area (Å²) in [6.45, 7) is 1.67. The first kappa shape index (κ1) is 17.0. The molecule has 0 atom stereocenters. The predicted molar refractivity (Wildman–Crippen MR) is 85.0 cm³/mol. The Hall–Kier alpha value is -2.02. The molecular weight excluding hydrogens is 289 g/mol. The van der Waals surface area contributed by atoms with Gasteiger partial charge in [0.05, 0.1) is 6.54 Å². The van der Waals surface area contributed by atoms with Crippen molar-refractivity contribution in [2.75, 3.05) is 6.54 Å². The van der Waals surface area contributed by atoms with E-state index in [4.69, 9.17) is 11.2 Å². The van der Waals surface area contributed by atoms with Crippen LogP contribution in [0.5, 0.6) is 5.75 Å². The summed E-state index contributed by atoms with van der Waals surface area (Å²) in [5, 5.41) is 3.13. The summed E-state index contributed by atoms with van der Waals surface area (Å²) in [6.07, 6.45) is 5.18. The van der Waals surface area contributed by atoms with Crippen LogP contribution in [0.1, 0.15) is 11.1 Å². The fourth-order valence-corrected chi connectivity index (χ4v) is 1.77. The van der Waals surface area contributed by atoms with Crippen molar-refractivity contribution in [3.8, 4) is 18.1 Å². The standard InChI is InChI=1S/C17H16FNO.ClH/c1-2-10-19-12-15-4-3-5-17(11-15)20-13-14-6-8-16(18)9-7-14;/h1,3-9,11,19H,10,12-13H2;1H. The van der Waals surface area contributed by atoms with Crippen LogP contribution in [-0.4, -0.2) is 6.54 Å². The molecular formula is C17H17ClFNO. The molecule has 4 heteroatoms. The van der Waals surface area contributed by atoms with Gasteiger partial charge in [0.15, 0.2) is 0 Å². The molecule has 0 unspecified atom stereocenters. The Labute approximate surface area is 130 Å². The van der Waals surface area contributed by atoms with Crippen molar-refractivity contribution < 1.29 is 9.13 Å². The maximum atomic E-state index is 12.8. The van der Waals surface area contributed by atoms with E-state index in [9.17, 15) is 4.39 Å². The van der Waals surface area contributed by atoms with E-state index in [1.807, 2.05) is 24.3 Å². The highest BCUT2D eigenvalue weighted by Crippen LogP contribution is 2.15. The Morgan fingerprint density at radius 2 is 1.86 bits per heavy atom. The lowest BCUT2D eigenvalue weighted by Crippen LogP contribution is -2.12. The monoisotopic (exact) mass is 305 g/mol. The molecule has 0 aliphatic carbocycles. The minimum absolute atomic E-state index is 0. The number of rotatable bonds is 6. The smallest absolute Gasteiger partial charge is 0.123 e. The van der Waals surface area contributed by atoms with Gasteiger partial charge in [-0.1, -0.05) is 30.2 Å². The third kappa shape index (κ3) is 5.86. The lowest BCUT2D eigenvalue weighted by atomic mass is 10.2. The predicted octanol–water partition coefficient (Wildman–Crippen LogP) is 3.55. The van der Waals surface area contributed by atoms with Crippen LogP contribution in [0, 0.1) is 18.2 Å². The van der Waals surface area contributed by atoms with Gasteiger partial charge in [0.25, 0.3) is 0 Å². The number of hydrogen-bond acceptors (Lipinski definition) is 2. The number of terminal acetylenes is 1. The first-order chi connectivity index (χ1) is 9.78. The normalized spacial score (nSPS) is 9.52. The zero-order valence-corrected chi connectivity index (χ0v) is 12.3. The van der Waals surface area contributed by atoms with Gasteiger partial charge in [-0.3, -0.25) is 0 Å². The van der Waals surface area contributed by atoms with Crippen molar-refractivity contribution in [3.63, 3.8) is 0 Å². The summed E-state index contributed by atoms with van der Waals surface area (Å²) in [5.41, 5.74) is 2.04. The van der Waals surface area contributed by atoms with E-state index in [0.29, 0.717) is 19.7 Å². The average Bonchev–Trinajstić information content (AvgIpc) is 2.47. The van der Waals surface area contributed by atoms with Crippen molar-refractivity contribution >= 4 is 12.4 Å². The summed E-state index contributed by atoms with van der Waals surface area (Å²) >= 11 is 0. The number of hydrogen-bond donors (Lipinski definition) is 1.